The van der Waals surface area contributed by atoms with Gasteiger partial charge in [-0.3, -0.25) is 4.79 Å². The van der Waals surface area contributed by atoms with Gasteiger partial charge in [-0.25, -0.2) is 9.59 Å². The fraction of sp³-hybridized carbons (Fsp3) is 0.769. The number of hydrogen-bond donors (Lipinski definition) is 2. The molecule has 7 nitrogen and oxygen atoms in total. The standard InChI is InChI=1S/C13H21N3O4/c1-9(17)14-10-5-7-15(8-10)13(20)16-6-3-2-4-11(16)12(18)19/h10-11H,2-8H2,1H3,(H,14,17)(H,18,19). The number of amides is 3. The van der Waals surface area contributed by atoms with Crippen molar-refractivity contribution in [2.75, 3.05) is 19.6 Å². The Kier molecular flexibility index (Phi) is 4.46. The minimum absolute atomic E-state index is 0.0236. The van der Waals surface area contributed by atoms with Crippen molar-refractivity contribution < 1.29 is 19.5 Å². The van der Waals surface area contributed by atoms with Crippen LogP contribution in [0, 0.1) is 0 Å². The molecule has 2 fully saturated rings. The van der Waals surface area contributed by atoms with Crippen molar-refractivity contribution in [3.63, 3.8) is 0 Å². The molecule has 0 saturated carbocycles. The number of carbonyl (C=O) groups excluding carboxylic acids is 2. The van der Waals surface area contributed by atoms with Gasteiger partial charge in [-0.15, -0.1) is 0 Å². The quantitative estimate of drug-likeness (QED) is 0.760. The average molecular weight is 283 g/mol. The van der Waals surface area contributed by atoms with Crippen molar-refractivity contribution in [1.82, 2.24) is 15.1 Å². The third-order valence-corrected chi connectivity index (χ3v) is 3.90. The second-order valence-corrected chi connectivity index (χ2v) is 5.46. The van der Waals surface area contributed by atoms with Crippen LogP contribution < -0.4 is 5.32 Å². The predicted octanol–water partition coefficient (Wildman–Crippen LogP) is 0.256. The van der Waals surface area contributed by atoms with Crippen molar-refractivity contribution in [2.24, 2.45) is 0 Å². The Morgan fingerprint density at radius 1 is 1.15 bits per heavy atom. The molecule has 0 aromatic heterocycles. The zero-order valence-corrected chi connectivity index (χ0v) is 11.7. The van der Waals surface area contributed by atoms with Crippen LogP contribution in [0.1, 0.15) is 32.6 Å². The van der Waals surface area contributed by atoms with E-state index >= 15 is 0 Å². The van der Waals surface area contributed by atoms with Crippen LogP contribution in [0.2, 0.25) is 0 Å². The van der Waals surface area contributed by atoms with Gasteiger partial charge in [-0.1, -0.05) is 0 Å². The normalized spacial score (nSPS) is 26.4. The molecule has 0 radical (unpaired) electrons. The molecule has 0 spiro atoms. The highest BCUT2D eigenvalue weighted by atomic mass is 16.4. The van der Waals surface area contributed by atoms with Crippen LogP contribution in [0.5, 0.6) is 0 Å². The molecule has 2 heterocycles. The molecule has 0 bridgehead atoms. The lowest BCUT2D eigenvalue weighted by Crippen LogP contribution is -2.53. The van der Waals surface area contributed by atoms with Crippen molar-refractivity contribution in [3.8, 4) is 0 Å². The maximum absolute atomic E-state index is 12.4. The minimum atomic E-state index is -0.935. The molecule has 2 N–H and O–H groups in total. The smallest absolute Gasteiger partial charge is 0.326 e. The highest BCUT2D eigenvalue weighted by molar-refractivity contribution is 5.83. The zero-order chi connectivity index (χ0) is 14.7. The SMILES string of the molecule is CC(=O)NC1CCN(C(=O)N2CCCCC2C(=O)O)C1. The maximum Gasteiger partial charge on any atom is 0.326 e. The van der Waals surface area contributed by atoms with Gasteiger partial charge in [-0.2, -0.15) is 0 Å². The molecule has 3 amide bonds. The number of rotatable bonds is 2. The van der Waals surface area contributed by atoms with Gasteiger partial charge in [0.1, 0.15) is 6.04 Å². The highest BCUT2D eigenvalue weighted by Crippen LogP contribution is 2.21. The number of carboxylic acids is 1. The van der Waals surface area contributed by atoms with E-state index in [2.05, 4.69) is 5.32 Å². The molecular formula is C13H21N3O4. The summed E-state index contributed by atoms with van der Waals surface area (Å²) in [6.07, 6.45) is 2.93. The van der Waals surface area contributed by atoms with Gasteiger partial charge in [0.05, 0.1) is 0 Å². The molecule has 0 aromatic rings. The summed E-state index contributed by atoms with van der Waals surface area (Å²) in [6, 6.07) is -0.953. The van der Waals surface area contributed by atoms with Gasteiger partial charge in [0.15, 0.2) is 0 Å². The van der Waals surface area contributed by atoms with E-state index in [1.807, 2.05) is 0 Å². The summed E-state index contributed by atoms with van der Waals surface area (Å²) in [7, 11) is 0. The Morgan fingerprint density at radius 2 is 1.90 bits per heavy atom. The number of nitrogens with zero attached hydrogens (tertiary/aromatic N) is 2. The van der Waals surface area contributed by atoms with E-state index in [1.165, 1.54) is 11.8 Å². The van der Waals surface area contributed by atoms with E-state index in [4.69, 9.17) is 0 Å². The number of carboxylic acid groups (broad SMARTS) is 1. The van der Waals surface area contributed by atoms with Gasteiger partial charge < -0.3 is 20.2 Å². The summed E-state index contributed by atoms with van der Waals surface area (Å²) in [5, 5.41) is 12.0. The van der Waals surface area contributed by atoms with E-state index < -0.39 is 12.0 Å². The van der Waals surface area contributed by atoms with Crippen molar-refractivity contribution in [3.05, 3.63) is 0 Å². The first-order valence-electron chi connectivity index (χ1n) is 7.04. The number of aliphatic carboxylic acids is 1. The molecule has 2 rings (SSSR count). The first-order chi connectivity index (χ1) is 9.49. The summed E-state index contributed by atoms with van der Waals surface area (Å²) in [6.45, 7) is 2.97. The van der Waals surface area contributed by atoms with Crippen LogP contribution >= 0.6 is 0 Å². The molecule has 20 heavy (non-hydrogen) atoms. The monoisotopic (exact) mass is 283 g/mol. The lowest BCUT2D eigenvalue weighted by molar-refractivity contribution is -0.143. The third kappa shape index (κ3) is 3.20. The number of hydrogen-bond acceptors (Lipinski definition) is 3. The van der Waals surface area contributed by atoms with Gasteiger partial charge in [0.25, 0.3) is 0 Å². The lowest BCUT2D eigenvalue weighted by atomic mass is 10.0. The average Bonchev–Trinajstić information content (AvgIpc) is 2.85. The Labute approximate surface area is 117 Å². The summed E-state index contributed by atoms with van der Waals surface area (Å²) in [5.41, 5.74) is 0. The molecule has 2 aliphatic heterocycles. The van der Waals surface area contributed by atoms with E-state index in [0.717, 1.165) is 19.3 Å². The Bertz CT molecular complexity index is 412. The second-order valence-electron chi connectivity index (χ2n) is 5.46. The number of nitrogens with one attached hydrogen (secondary N) is 1. The van der Waals surface area contributed by atoms with Crippen molar-refractivity contribution in [1.29, 1.82) is 0 Å². The first kappa shape index (κ1) is 14.6. The van der Waals surface area contributed by atoms with Gasteiger partial charge in [0.2, 0.25) is 5.91 Å². The summed E-state index contributed by atoms with van der Waals surface area (Å²) < 4.78 is 0. The topological polar surface area (TPSA) is 90.0 Å². The van der Waals surface area contributed by atoms with Crippen LogP contribution in [0.3, 0.4) is 0 Å². The molecule has 2 saturated heterocycles. The fourth-order valence-corrected chi connectivity index (χ4v) is 2.94. The Balaban J connectivity index is 1.96. The van der Waals surface area contributed by atoms with Crippen LogP contribution in [-0.2, 0) is 9.59 Å². The summed E-state index contributed by atoms with van der Waals surface area (Å²) >= 11 is 0. The molecule has 7 heteroatoms. The lowest BCUT2D eigenvalue weighted by Gasteiger charge is -2.35. The number of likely N-dealkylation sites (tertiary alicyclic amines) is 2. The molecule has 2 unspecified atom stereocenters. The zero-order valence-electron chi connectivity index (χ0n) is 11.7. The molecule has 0 aliphatic carbocycles. The van der Waals surface area contributed by atoms with Crippen LogP contribution in [0.25, 0.3) is 0 Å². The van der Waals surface area contributed by atoms with Gasteiger partial charge >= 0.3 is 12.0 Å². The molecule has 2 aliphatic rings. The van der Waals surface area contributed by atoms with E-state index in [1.54, 1.807) is 4.90 Å². The van der Waals surface area contributed by atoms with Crippen LogP contribution in [0.15, 0.2) is 0 Å². The van der Waals surface area contributed by atoms with E-state index in [9.17, 15) is 19.5 Å². The Morgan fingerprint density at radius 3 is 2.55 bits per heavy atom. The first-order valence-corrected chi connectivity index (χ1v) is 7.04. The number of carbonyl (C=O) groups is 3. The van der Waals surface area contributed by atoms with Crippen molar-refractivity contribution >= 4 is 17.9 Å². The molecule has 2 atom stereocenters. The largest absolute Gasteiger partial charge is 0.480 e. The summed E-state index contributed by atoms with van der Waals surface area (Å²) in [4.78, 5) is 37.8. The minimum Gasteiger partial charge on any atom is -0.480 e. The summed E-state index contributed by atoms with van der Waals surface area (Å²) in [5.74, 6) is -1.04. The van der Waals surface area contributed by atoms with Crippen molar-refractivity contribution in [2.45, 2.75) is 44.7 Å². The maximum atomic E-state index is 12.4. The van der Waals surface area contributed by atoms with E-state index in [-0.39, 0.29) is 18.0 Å². The number of piperidine rings is 1. The fourth-order valence-electron chi connectivity index (χ4n) is 2.94. The molecule has 112 valence electrons. The van der Waals surface area contributed by atoms with Gasteiger partial charge in [0, 0.05) is 32.6 Å². The van der Waals surface area contributed by atoms with E-state index in [0.29, 0.717) is 26.1 Å². The molecule has 0 aromatic carbocycles. The van der Waals surface area contributed by atoms with Crippen LogP contribution in [-0.4, -0.2) is 64.5 Å². The van der Waals surface area contributed by atoms with Gasteiger partial charge in [-0.05, 0) is 25.7 Å². The van der Waals surface area contributed by atoms with Crippen LogP contribution in [0.4, 0.5) is 4.79 Å². The Hall–Kier alpha value is -1.79. The second kappa shape index (κ2) is 6.11. The predicted molar refractivity (Wildman–Crippen MR) is 71.2 cm³/mol. The highest BCUT2D eigenvalue weighted by Gasteiger charge is 2.36. The number of urea groups is 1. The third-order valence-electron chi connectivity index (χ3n) is 3.90. The molecular weight excluding hydrogens is 262 g/mol.